The summed E-state index contributed by atoms with van der Waals surface area (Å²) in [6.45, 7) is 1.67. The molecule has 0 heterocycles. The van der Waals surface area contributed by atoms with Crippen molar-refractivity contribution in [3.05, 3.63) is 33.4 Å². The number of benzene rings is 1. The van der Waals surface area contributed by atoms with Gasteiger partial charge in [0.25, 0.3) is 0 Å². The number of carbonyl (C=O) groups excluding carboxylic acids is 1. The van der Waals surface area contributed by atoms with Gasteiger partial charge in [0, 0.05) is 10.1 Å². The standard InChI is InChI=1S/C12H17IN2O.ClH/c1-14-6-3-7-15-12(16)9-10-4-2-5-11(13)8-10;/h2,4-5,8,14H,3,6-7,9H2,1H3,(H,15,16);1H. The van der Waals surface area contributed by atoms with Gasteiger partial charge in [0.15, 0.2) is 0 Å². The van der Waals surface area contributed by atoms with Gasteiger partial charge in [0.05, 0.1) is 6.42 Å². The molecule has 17 heavy (non-hydrogen) atoms. The van der Waals surface area contributed by atoms with Crippen LogP contribution < -0.4 is 10.6 Å². The van der Waals surface area contributed by atoms with E-state index in [-0.39, 0.29) is 18.3 Å². The van der Waals surface area contributed by atoms with Crippen molar-refractivity contribution in [3.8, 4) is 0 Å². The maximum atomic E-state index is 11.6. The van der Waals surface area contributed by atoms with Crippen molar-refractivity contribution in [2.24, 2.45) is 0 Å². The van der Waals surface area contributed by atoms with Crippen LogP contribution in [0.2, 0.25) is 0 Å². The molecule has 0 fully saturated rings. The molecule has 2 N–H and O–H groups in total. The molecule has 5 heteroatoms. The minimum atomic E-state index is 0. The molecule has 0 radical (unpaired) electrons. The fourth-order valence-electron chi connectivity index (χ4n) is 1.39. The molecule has 0 aliphatic rings. The molecule has 96 valence electrons. The number of halogens is 2. The highest BCUT2D eigenvalue weighted by atomic mass is 127. The summed E-state index contributed by atoms with van der Waals surface area (Å²) in [4.78, 5) is 11.6. The average Bonchev–Trinajstić information content (AvgIpc) is 2.24. The van der Waals surface area contributed by atoms with E-state index in [0.717, 1.165) is 28.6 Å². The van der Waals surface area contributed by atoms with Crippen LogP contribution in [0.5, 0.6) is 0 Å². The van der Waals surface area contributed by atoms with E-state index in [9.17, 15) is 4.79 Å². The maximum absolute atomic E-state index is 11.6. The Balaban J connectivity index is 0.00000256. The van der Waals surface area contributed by atoms with Gasteiger partial charge >= 0.3 is 0 Å². The Morgan fingerprint density at radius 1 is 1.35 bits per heavy atom. The number of carbonyl (C=O) groups is 1. The smallest absolute Gasteiger partial charge is 0.224 e. The van der Waals surface area contributed by atoms with Gasteiger partial charge in [0.1, 0.15) is 0 Å². The predicted molar refractivity (Wildman–Crippen MR) is 81.7 cm³/mol. The summed E-state index contributed by atoms with van der Waals surface area (Å²) < 4.78 is 1.16. The van der Waals surface area contributed by atoms with Crippen molar-refractivity contribution in [2.75, 3.05) is 20.1 Å². The van der Waals surface area contributed by atoms with E-state index in [1.54, 1.807) is 0 Å². The Morgan fingerprint density at radius 3 is 2.76 bits per heavy atom. The van der Waals surface area contributed by atoms with Crippen molar-refractivity contribution in [1.29, 1.82) is 0 Å². The molecular formula is C12H18ClIN2O. The van der Waals surface area contributed by atoms with E-state index in [1.165, 1.54) is 0 Å². The summed E-state index contributed by atoms with van der Waals surface area (Å²) in [5.41, 5.74) is 1.07. The Kier molecular flexibility index (Phi) is 9.49. The Labute approximate surface area is 122 Å². The van der Waals surface area contributed by atoms with Crippen LogP contribution in [0.15, 0.2) is 24.3 Å². The normalized spacial score (nSPS) is 9.53. The highest BCUT2D eigenvalue weighted by Crippen LogP contribution is 2.08. The Morgan fingerprint density at radius 2 is 2.12 bits per heavy atom. The molecule has 0 aliphatic heterocycles. The molecule has 1 rings (SSSR count). The second kappa shape index (κ2) is 9.67. The molecule has 0 unspecified atom stereocenters. The molecule has 0 atom stereocenters. The SMILES string of the molecule is CNCCCNC(=O)Cc1cccc(I)c1.Cl. The summed E-state index contributed by atoms with van der Waals surface area (Å²) >= 11 is 2.25. The Bertz CT molecular complexity index is 347. The molecule has 0 bridgehead atoms. The van der Waals surface area contributed by atoms with Crippen molar-refractivity contribution >= 4 is 40.9 Å². The molecule has 0 saturated carbocycles. The molecule has 0 saturated heterocycles. The highest BCUT2D eigenvalue weighted by molar-refractivity contribution is 14.1. The van der Waals surface area contributed by atoms with E-state index in [2.05, 4.69) is 33.2 Å². The lowest BCUT2D eigenvalue weighted by molar-refractivity contribution is -0.120. The predicted octanol–water partition coefficient (Wildman–Crippen LogP) is 1.98. The van der Waals surface area contributed by atoms with Gasteiger partial charge in [-0.25, -0.2) is 0 Å². The monoisotopic (exact) mass is 368 g/mol. The van der Waals surface area contributed by atoms with Crippen molar-refractivity contribution in [3.63, 3.8) is 0 Å². The molecule has 1 amide bonds. The zero-order valence-corrected chi connectivity index (χ0v) is 12.8. The fraction of sp³-hybridized carbons (Fsp3) is 0.417. The summed E-state index contributed by atoms with van der Waals surface area (Å²) in [7, 11) is 1.91. The van der Waals surface area contributed by atoms with E-state index in [1.807, 2.05) is 31.3 Å². The second-order valence-electron chi connectivity index (χ2n) is 3.61. The quantitative estimate of drug-likeness (QED) is 0.595. The summed E-state index contributed by atoms with van der Waals surface area (Å²) in [5.74, 6) is 0.0955. The van der Waals surface area contributed by atoms with Gasteiger partial charge in [-0.3, -0.25) is 4.79 Å². The number of nitrogens with one attached hydrogen (secondary N) is 2. The van der Waals surface area contributed by atoms with E-state index in [0.29, 0.717) is 6.42 Å². The molecule has 0 aliphatic carbocycles. The van der Waals surface area contributed by atoms with E-state index in [4.69, 9.17) is 0 Å². The third-order valence-corrected chi connectivity index (χ3v) is 2.85. The average molecular weight is 369 g/mol. The Hall–Kier alpha value is -0.330. The first-order valence-corrected chi connectivity index (χ1v) is 6.46. The first-order valence-electron chi connectivity index (χ1n) is 5.38. The number of hydrogen-bond acceptors (Lipinski definition) is 2. The maximum Gasteiger partial charge on any atom is 0.224 e. The first kappa shape index (κ1) is 16.7. The van der Waals surface area contributed by atoms with E-state index >= 15 is 0 Å². The number of amides is 1. The summed E-state index contributed by atoms with van der Waals surface area (Å²) in [5, 5.41) is 5.95. The van der Waals surface area contributed by atoms with Gasteiger partial charge in [-0.05, 0) is 60.3 Å². The first-order chi connectivity index (χ1) is 7.72. The number of hydrogen-bond donors (Lipinski definition) is 2. The van der Waals surface area contributed by atoms with Crippen LogP contribution in [-0.4, -0.2) is 26.0 Å². The third-order valence-electron chi connectivity index (χ3n) is 2.18. The van der Waals surface area contributed by atoms with Crippen LogP contribution >= 0.6 is 35.0 Å². The third kappa shape index (κ3) is 7.57. The molecule has 0 spiro atoms. The second-order valence-corrected chi connectivity index (χ2v) is 4.86. The lowest BCUT2D eigenvalue weighted by atomic mass is 10.1. The highest BCUT2D eigenvalue weighted by Gasteiger charge is 2.02. The fourth-order valence-corrected chi connectivity index (χ4v) is 2.00. The van der Waals surface area contributed by atoms with Gasteiger partial charge in [-0.15, -0.1) is 12.4 Å². The van der Waals surface area contributed by atoms with E-state index < -0.39 is 0 Å². The van der Waals surface area contributed by atoms with Crippen LogP contribution in [-0.2, 0) is 11.2 Å². The van der Waals surface area contributed by atoms with Gasteiger partial charge in [-0.2, -0.15) is 0 Å². The molecule has 1 aromatic rings. The minimum Gasteiger partial charge on any atom is -0.356 e. The summed E-state index contributed by atoms with van der Waals surface area (Å²) in [6.07, 6.45) is 1.44. The molecule has 0 aromatic heterocycles. The van der Waals surface area contributed by atoms with Crippen molar-refractivity contribution in [2.45, 2.75) is 12.8 Å². The van der Waals surface area contributed by atoms with Crippen LogP contribution in [0.3, 0.4) is 0 Å². The zero-order chi connectivity index (χ0) is 11.8. The van der Waals surface area contributed by atoms with Gasteiger partial charge < -0.3 is 10.6 Å². The van der Waals surface area contributed by atoms with Crippen molar-refractivity contribution < 1.29 is 4.79 Å². The topological polar surface area (TPSA) is 41.1 Å². The number of rotatable bonds is 6. The molecule has 1 aromatic carbocycles. The molecule has 3 nitrogen and oxygen atoms in total. The lowest BCUT2D eigenvalue weighted by Crippen LogP contribution is -2.27. The zero-order valence-electron chi connectivity index (χ0n) is 9.83. The van der Waals surface area contributed by atoms with Crippen LogP contribution in [0.25, 0.3) is 0 Å². The van der Waals surface area contributed by atoms with Gasteiger partial charge in [0.2, 0.25) is 5.91 Å². The van der Waals surface area contributed by atoms with Crippen LogP contribution in [0.1, 0.15) is 12.0 Å². The largest absolute Gasteiger partial charge is 0.356 e. The lowest BCUT2D eigenvalue weighted by Gasteiger charge is -2.05. The van der Waals surface area contributed by atoms with Crippen LogP contribution in [0.4, 0.5) is 0 Å². The molecular weight excluding hydrogens is 351 g/mol. The minimum absolute atomic E-state index is 0. The van der Waals surface area contributed by atoms with Crippen molar-refractivity contribution in [1.82, 2.24) is 10.6 Å². The van der Waals surface area contributed by atoms with Gasteiger partial charge in [-0.1, -0.05) is 12.1 Å². The van der Waals surface area contributed by atoms with Crippen LogP contribution in [0, 0.1) is 3.57 Å². The summed E-state index contributed by atoms with van der Waals surface area (Å²) in [6, 6.07) is 8.02.